The monoisotopic (exact) mass is 295 g/mol. The van der Waals surface area contributed by atoms with Crippen molar-refractivity contribution in [1.82, 2.24) is 19.3 Å². The topological polar surface area (TPSA) is 94.1 Å². The third kappa shape index (κ3) is 2.19. The van der Waals surface area contributed by atoms with E-state index in [1.165, 1.54) is 4.31 Å². The van der Waals surface area contributed by atoms with Gasteiger partial charge in [-0.2, -0.15) is 4.31 Å². The van der Waals surface area contributed by atoms with E-state index in [0.29, 0.717) is 31.7 Å². The van der Waals surface area contributed by atoms with Crippen LogP contribution >= 0.6 is 0 Å². The van der Waals surface area contributed by atoms with Crippen LogP contribution in [0.25, 0.3) is 11.0 Å². The van der Waals surface area contributed by atoms with Crippen LogP contribution in [0.3, 0.4) is 0 Å². The van der Waals surface area contributed by atoms with Gasteiger partial charge in [0.2, 0.25) is 10.0 Å². The molecule has 2 heterocycles. The van der Waals surface area contributed by atoms with Gasteiger partial charge in [-0.1, -0.05) is 5.21 Å². The summed E-state index contributed by atoms with van der Waals surface area (Å²) in [7, 11) is -3.40. The van der Waals surface area contributed by atoms with Crippen molar-refractivity contribution < 1.29 is 8.42 Å². The zero-order valence-corrected chi connectivity index (χ0v) is 11.9. The van der Waals surface area contributed by atoms with E-state index < -0.39 is 10.0 Å². The summed E-state index contributed by atoms with van der Waals surface area (Å²) in [5.41, 5.74) is 6.89. The Labute approximate surface area is 117 Å². The summed E-state index contributed by atoms with van der Waals surface area (Å²) in [6.45, 7) is 2.22. The first-order valence-electron chi connectivity index (χ1n) is 6.66. The van der Waals surface area contributed by atoms with E-state index in [-0.39, 0.29) is 4.90 Å². The summed E-state index contributed by atoms with van der Waals surface area (Å²) in [5, 5.41) is 8.00. The molecule has 0 bridgehead atoms. The minimum atomic E-state index is -3.40. The van der Waals surface area contributed by atoms with Gasteiger partial charge >= 0.3 is 0 Å². The van der Waals surface area contributed by atoms with Crippen molar-refractivity contribution in [1.29, 1.82) is 0 Å². The fourth-order valence-corrected chi connectivity index (χ4v) is 4.02. The SMILES string of the molecule is NCCn1nnc2cc(S(=O)(=O)N3CCCC3)ccc21. The Balaban J connectivity index is 2.01. The van der Waals surface area contributed by atoms with Gasteiger partial charge in [-0.3, -0.25) is 0 Å². The summed E-state index contributed by atoms with van der Waals surface area (Å²) >= 11 is 0. The second-order valence-electron chi connectivity index (χ2n) is 4.86. The van der Waals surface area contributed by atoms with Gasteiger partial charge in [-0.25, -0.2) is 13.1 Å². The number of hydrogen-bond acceptors (Lipinski definition) is 5. The summed E-state index contributed by atoms with van der Waals surface area (Å²) in [6, 6.07) is 4.95. The van der Waals surface area contributed by atoms with Crippen molar-refractivity contribution in [2.45, 2.75) is 24.3 Å². The first kappa shape index (κ1) is 13.5. The fourth-order valence-electron chi connectivity index (χ4n) is 2.48. The Morgan fingerprint density at radius 3 is 2.70 bits per heavy atom. The predicted octanol–water partition coefficient (Wildman–Crippen LogP) is 0.174. The van der Waals surface area contributed by atoms with Crippen LogP contribution in [0.1, 0.15) is 12.8 Å². The molecule has 3 rings (SSSR count). The summed E-state index contributed by atoms with van der Waals surface area (Å²) in [5.74, 6) is 0. The molecular weight excluding hydrogens is 278 g/mol. The van der Waals surface area contributed by atoms with E-state index in [0.717, 1.165) is 18.4 Å². The molecule has 2 N–H and O–H groups in total. The molecule has 0 radical (unpaired) electrons. The van der Waals surface area contributed by atoms with E-state index >= 15 is 0 Å². The Morgan fingerprint density at radius 1 is 1.25 bits per heavy atom. The van der Waals surface area contributed by atoms with E-state index in [9.17, 15) is 8.42 Å². The van der Waals surface area contributed by atoms with Gasteiger partial charge in [0.1, 0.15) is 5.52 Å². The second kappa shape index (κ2) is 5.12. The fraction of sp³-hybridized carbons (Fsp3) is 0.500. The lowest BCUT2D eigenvalue weighted by atomic mass is 10.3. The van der Waals surface area contributed by atoms with Crippen molar-refractivity contribution in [2.24, 2.45) is 5.73 Å². The number of fused-ring (bicyclic) bond motifs is 1. The first-order valence-corrected chi connectivity index (χ1v) is 8.10. The molecule has 108 valence electrons. The molecule has 8 heteroatoms. The van der Waals surface area contributed by atoms with E-state index in [4.69, 9.17) is 5.73 Å². The van der Waals surface area contributed by atoms with Crippen LogP contribution in [-0.4, -0.2) is 47.4 Å². The highest BCUT2D eigenvalue weighted by atomic mass is 32.2. The van der Waals surface area contributed by atoms with E-state index in [1.807, 2.05) is 0 Å². The van der Waals surface area contributed by atoms with E-state index in [1.54, 1.807) is 22.9 Å². The van der Waals surface area contributed by atoms with E-state index in [2.05, 4.69) is 10.3 Å². The van der Waals surface area contributed by atoms with Gasteiger partial charge < -0.3 is 5.73 Å². The van der Waals surface area contributed by atoms with Gasteiger partial charge in [0.15, 0.2) is 0 Å². The molecule has 7 nitrogen and oxygen atoms in total. The van der Waals surface area contributed by atoms with Gasteiger partial charge in [0, 0.05) is 19.6 Å². The lowest BCUT2D eigenvalue weighted by Gasteiger charge is -2.15. The van der Waals surface area contributed by atoms with Gasteiger partial charge in [-0.15, -0.1) is 5.10 Å². The minimum absolute atomic E-state index is 0.284. The average Bonchev–Trinajstić information content (AvgIpc) is 3.08. The molecule has 0 aliphatic carbocycles. The Morgan fingerprint density at radius 2 is 2.00 bits per heavy atom. The zero-order valence-electron chi connectivity index (χ0n) is 11.1. The van der Waals surface area contributed by atoms with Crippen LogP contribution in [0.15, 0.2) is 23.1 Å². The summed E-state index contributed by atoms with van der Waals surface area (Å²) in [4.78, 5) is 0.284. The molecule has 0 unspecified atom stereocenters. The summed E-state index contributed by atoms with van der Waals surface area (Å²) in [6.07, 6.45) is 1.85. The van der Waals surface area contributed by atoms with Crippen LogP contribution in [0.2, 0.25) is 0 Å². The van der Waals surface area contributed by atoms with Crippen molar-refractivity contribution in [3.8, 4) is 0 Å². The normalized spacial score (nSPS) is 17.1. The molecule has 2 aromatic rings. The van der Waals surface area contributed by atoms with Crippen LogP contribution in [0.4, 0.5) is 0 Å². The smallest absolute Gasteiger partial charge is 0.243 e. The van der Waals surface area contributed by atoms with Crippen LogP contribution in [0, 0.1) is 0 Å². The molecule has 0 saturated carbocycles. The van der Waals surface area contributed by atoms with Gasteiger partial charge in [0.25, 0.3) is 0 Å². The second-order valence-corrected chi connectivity index (χ2v) is 6.80. The molecule has 1 aliphatic rings. The van der Waals surface area contributed by atoms with Crippen LogP contribution in [-0.2, 0) is 16.6 Å². The molecule has 0 amide bonds. The largest absolute Gasteiger partial charge is 0.329 e. The molecule has 1 saturated heterocycles. The van der Waals surface area contributed by atoms with Crippen molar-refractivity contribution in [3.63, 3.8) is 0 Å². The maximum Gasteiger partial charge on any atom is 0.243 e. The molecule has 1 fully saturated rings. The first-order chi connectivity index (χ1) is 9.63. The lowest BCUT2D eigenvalue weighted by molar-refractivity contribution is 0.477. The maximum absolute atomic E-state index is 12.5. The number of hydrogen-bond donors (Lipinski definition) is 1. The Kier molecular flexibility index (Phi) is 3.45. The number of nitrogens with two attached hydrogens (primary N) is 1. The minimum Gasteiger partial charge on any atom is -0.329 e. The number of rotatable bonds is 4. The van der Waals surface area contributed by atoms with Crippen molar-refractivity contribution in [2.75, 3.05) is 19.6 Å². The molecule has 0 atom stereocenters. The molecule has 1 aromatic heterocycles. The summed E-state index contributed by atoms with van der Waals surface area (Å²) < 4.78 is 28.1. The number of sulfonamides is 1. The zero-order chi connectivity index (χ0) is 14.2. The maximum atomic E-state index is 12.5. The number of aromatic nitrogens is 3. The molecule has 0 spiro atoms. The Hall–Kier alpha value is -1.51. The molecule has 1 aromatic carbocycles. The average molecular weight is 295 g/mol. The highest BCUT2D eigenvalue weighted by Crippen LogP contribution is 2.23. The van der Waals surface area contributed by atoms with Gasteiger partial charge in [0.05, 0.1) is 17.0 Å². The highest BCUT2D eigenvalue weighted by molar-refractivity contribution is 7.89. The third-order valence-corrected chi connectivity index (χ3v) is 5.42. The Bertz CT molecular complexity index is 719. The number of benzene rings is 1. The molecule has 20 heavy (non-hydrogen) atoms. The lowest BCUT2D eigenvalue weighted by Crippen LogP contribution is -2.27. The van der Waals surface area contributed by atoms with Crippen molar-refractivity contribution >= 4 is 21.1 Å². The molecule has 1 aliphatic heterocycles. The van der Waals surface area contributed by atoms with Crippen molar-refractivity contribution in [3.05, 3.63) is 18.2 Å². The highest BCUT2D eigenvalue weighted by Gasteiger charge is 2.27. The standard InChI is InChI=1S/C12H17N5O2S/c13-5-8-17-12-4-3-10(9-11(12)14-15-17)20(18,19)16-6-1-2-7-16/h3-4,9H,1-2,5-8,13H2. The van der Waals surface area contributed by atoms with Crippen LogP contribution < -0.4 is 5.73 Å². The predicted molar refractivity (Wildman–Crippen MR) is 74.6 cm³/mol. The number of nitrogens with zero attached hydrogens (tertiary/aromatic N) is 4. The van der Waals surface area contributed by atoms with Crippen LogP contribution in [0.5, 0.6) is 0 Å². The third-order valence-electron chi connectivity index (χ3n) is 3.53. The quantitative estimate of drug-likeness (QED) is 0.868. The van der Waals surface area contributed by atoms with Gasteiger partial charge in [-0.05, 0) is 31.0 Å². The molecular formula is C12H17N5O2S.